The zero-order valence-electron chi connectivity index (χ0n) is 12.9. The summed E-state index contributed by atoms with van der Waals surface area (Å²) in [4.78, 5) is 5.02. The number of furan rings is 1. The number of hydrogen-bond donors (Lipinski definition) is 0. The Morgan fingerprint density at radius 3 is 3.00 bits per heavy atom. The molecule has 2 aliphatic rings. The lowest BCUT2D eigenvalue weighted by atomic mass is 9.87. The number of rotatable bonds is 5. The van der Waals surface area contributed by atoms with Gasteiger partial charge in [0, 0.05) is 50.8 Å². The highest BCUT2D eigenvalue weighted by atomic mass is 16.5. The molecule has 0 aromatic carbocycles. The van der Waals surface area contributed by atoms with E-state index < -0.39 is 0 Å². The molecule has 21 heavy (non-hydrogen) atoms. The first-order chi connectivity index (χ1) is 10.3. The molecule has 118 valence electrons. The molecule has 1 atom stereocenters. The molecule has 0 radical (unpaired) electrons. The molecule has 1 aromatic rings. The molecule has 3 rings (SSSR count). The highest BCUT2D eigenvalue weighted by Gasteiger charge is 2.40. The molecule has 0 bridgehead atoms. The Balaban J connectivity index is 1.59. The second-order valence-electron chi connectivity index (χ2n) is 6.41. The van der Waals surface area contributed by atoms with Crippen molar-refractivity contribution in [1.29, 1.82) is 0 Å². The molecule has 5 heteroatoms. The van der Waals surface area contributed by atoms with Crippen molar-refractivity contribution >= 4 is 0 Å². The fourth-order valence-electron chi connectivity index (χ4n) is 3.54. The SMILES string of the molecule is COCCN1CCC2(COCCN(Cc3ccoc3)C2)C1. The fraction of sp³-hybridized carbons (Fsp3) is 0.750. The predicted octanol–water partition coefficient (Wildman–Crippen LogP) is 1.45. The van der Waals surface area contributed by atoms with Crippen molar-refractivity contribution in [3.8, 4) is 0 Å². The Labute approximate surface area is 126 Å². The Morgan fingerprint density at radius 1 is 1.29 bits per heavy atom. The standard InChI is InChI=1S/C16H26N2O3/c1-19-8-5-17-4-3-16(12-17)13-18(6-9-21-14-16)10-15-2-7-20-11-15/h2,7,11H,3-6,8-10,12-14H2,1H3. The summed E-state index contributed by atoms with van der Waals surface area (Å²) < 4.78 is 16.3. The maximum Gasteiger partial charge on any atom is 0.0947 e. The van der Waals surface area contributed by atoms with Crippen LogP contribution in [0, 0.1) is 5.41 Å². The molecule has 1 unspecified atom stereocenters. The fourth-order valence-corrected chi connectivity index (χ4v) is 3.54. The zero-order chi connectivity index (χ0) is 14.5. The minimum atomic E-state index is 0.286. The zero-order valence-corrected chi connectivity index (χ0v) is 12.9. The van der Waals surface area contributed by atoms with E-state index in [9.17, 15) is 0 Å². The van der Waals surface area contributed by atoms with Crippen LogP contribution in [0.3, 0.4) is 0 Å². The van der Waals surface area contributed by atoms with Gasteiger partial charge in [0.1, 0.15) is 0 Å². The first kappa shape index (κ1) is 15.0. The van der Waals surface area contributed by atoms with Gasteiger partial charge in [-0.1, -0.05) is 0 Å². The molecule has 1 spiro atoms. The summed E-state index contributed by atoms with van der Waals surface area (Å²) in [7, 11) is 1.77. The van der Waals surface area contributed by atoms with Gasteiger partial charge in [-0.2, -0.15) is 0 Å². The average molecular weight is 294 g/mol. The molecule has 5 nitrogen and oxygen atoms in total. The van der Waals surface area contributed by atoms with Crippen LogP contribution in [0.5, 0.6) is 0 Å². The number of likely N-dealkylation sites (tertiary alicyclic amines) is 1. The number of methoxy groups -OCH3 is 1. The van der Waals surface area contributed by atoms with Crippen molar-refractivity contribution < 1.29 is 13.9 Å². The highest BCUT2D eigenvalue weighted by molar-refractivity contribution is 5.05. The Bertz CT molecular complexity index is 423. The molecule has 0 saturated carbocycles. The summed E-state index contributed by atoms with van der Waals surface area (Å²) in [5, 5.41) is 0. The van der Waals surface area contributed by atoms with E-state index in [1.54, 1.807) is 13.4 Å². The Kier molecular flexibility index (Phi) is 4.95. The van der Waals surface area contributed by atoms with Crippen molar-refractivity contribution in [2.75, 3.05) is 59.7 Å². The van der Waals surface area contributed by atoms with Gasteiger partial charge >= 0.3 is 0 Å². The lowest BCUT2D eigenvalue weighted by Crippen LogP contribution is -2.40. The molecule has 3 heterocycles. The van der Waals surface area contributed by atoms with Gasteiger partial charge in [0.05, 0.1) is 32.3 Å². The molecule has 0 N–H and O–H groups in total. The topological polar surface area (TPSA) is 38.1 Å². The molecule has 0 aliphatic carbocycles. The monoisotopic (exact) mass is 294 g/mol. The second kappa shape index (κ2) is 6.92. The van der Waals surface area contributed by atoms with Crippen LogP contribution in [0.25, 0.3) is 0 Å². The van der Waals surface area contributed by atoms with E-state index in [4.69, 9.17) is 13.9 Å². The summed E-state index contributed by atoms with van der Waals surface area (Å²) in [5.74, 6) is 0. The van der Waals surface area contributed by atoms with E-state index in [2.05, 4.69) is 15.9 Å². The first-order valence-electron chi connectivity index (χ1n) is 7.82. The summed E-state index contributed by atoms with van der Waals surface area (Å²) in [6.45, 7) is 8.92. The van der Waals surface area contributed by atoms with Crippen LogP contribution in [0.2, 0.25) is 0 Å². The van der Waals surface area contributed by atoms with Gasteiger partial charge in [0.15, 0.2) is 0 Å². The summed E-state index contributed by atoms with van der Waals surface area (Å²) in [6, 6.07) is 2.05. The molecule has 1 aromatic heterocycles. The maximum absolute atomic E-state index is 5.91. The Hall–Kier alpha value is -0.880. The van der Waals surface area contributed by atoms with Crippen molar-refractivity contribution in [3.63, 3.8) is 0 Å². The van der Waals surface area contributed by atoms with Gasteiger partial charge in [-0.3, -0.25) is 4.90 Å². The van der Waals surface area contributed by atoms with Crippen molar-refractivity contribution in [3.05, 3.63) is 24.2 Å². The van der Waals surface area contributed by atoms with Gasteiger partial charge in [0.25, 0.3) is 0 Å². The van der Waals surface area contributed by atoms with Crippen LogP contribution in [0.1, 0.15) is 12.0 Å². The first-order valence-corrected chi connectivity index (χ1v) is 7.82. The summed E-state index contributed by atoms with van der Waals surface area (Å²) >= 11 is 0. The lowest BCUT2D eigenvalue weighted by molar-refractivity contribution is 0.0682. The van der Waals surface area contributed by atoms with Crippen LogP contribution < -0.4 is 0 Å². The third-order valence-electron chi connectivity index (χ3n) is 4.63. The normalized spacial score (nSPS) is 28.2. The maximum atomic E-state index is 5.91. The van der Waals surface area contributed by atoms with Gasteiger partial charge in [-0.05, 0) is 19.0 Å². The van der Waals surface area contributed by atoms with Crippen LogP contribution >= 0.6 is 0 Å². The van der Waals surface area contributed by atoms with E-state index in [1.807, 2.05) is 6.26 Å². The van der Waals surface area contributed by atoms with Gasteiger partial charge in [0.2, 0.25) is 0 Å². The predicted molar refractivity (Wildman–Crippen MR) is 80.2 cm³/mol. The smallest absolute Gasteiger partial charge is 0.0947 e. The largest absolute Gasteiger partial charge is 0.472 e. The van der Waals surface area contributed by atoms with E-state index in [0.29, 0.717) is 0 Å². The second-order valence-corrected chi connectivity index (χ2v) is 6.41. The summed E-state index contributed by atoms with van der Waals surface area (Å²) in [5.41, 5.74) is 1.54. The average Bonchev–Trinajstić information content (AvgIpc) is 3.07. The van der Waals surface area contributed by atoms with Crippen molar-refractivity contribution in [1.82, 2.24) is 9.80 Å². The van der Waals surface area contributed by atoms with Crippen LogP contribution in [0.15, 0.2) is 23.0 Å². The van der Waals surface area contributed by atoms with Crippen LogP contribution in [0.4, 0.5) is 0 Å². The summed E-state index contributed by atoms with van der Waals surface area (Å²) in [6.07, 6.45) is 4.82. The molecule has 2 aliphatic heterocycles. The molecule has 0 amide bonds. The van der Waals surface area contributed by atoms with E-state index in [1.165, 1.54) is 12.0 Å². The van der Waals surface area contributed by atoms with Crippen molar-refractivity contribution in [2.24, 2.45) is 5.41 Å². The quantitative estimate of drug-likeness (QED) is 0.822. The molecular formula is C16H26N2O3. The molecule has 2 fully saturated rings. The van der Waals surface area contributed by atoms with E-state index >= 15 is 0 Å². The highest BCUT2D eigenvalue weighted by Crippen LogP contribution is 2.33. The van der Waals surface area contributed by atoms with Crippen molar-refractivity contribution in [2.45, 2.75) is 13.0 Å². The Morgan fingerprint density at radius 2 is 2.19 bits per heavy atom. The third-order valence-corrected chi connectivity index (χ3v) is 4.63. The van der Waals surface area contributed by atoms with Gasteiger partial charge in [-0.15, -0.1) is 0 Å². The van der Waals surface area contributed by atoms with Crippen LogP contribution in [-0.4, -0.2) is 69.5 Å². The minimum absolute atomic E-state index is 0.286. The molecular weight excluding hydrogens is 268 g/mol. The number of nitrogens with zero attached hydrogens (tertiary/aromatic N) is 2. The number of ether oxygens (including phenoxy) is 2. The third kappa shape index (κ3) is 3.86. The lowest BCUT2D eigenvalue weighted by Gasteiger charge is -2.31. The number of hydrogen-bond acceptors (Lipinski definition) is 5. The van der Waals surface area contributed by atoms with E-state index in [-0.39, 0.29) is 5.41 Å². The molecule has 2 saturated heterocycles. The van der Waals surface area contributed by atoms with Crippen LogP contribution in [-0.2, 0) is 16.0 Å². The minimum Gasteiger partial charge on any atom is -0.472 e. The van der Waals surface area contributed by atoms with Gasteiger partial charge in [-0.25, -0.2) is 0 Å². The van der Waals surface area contributed by atoms with Gasteiger partial charge < -0.3 is 18.8 Å². The van der Waals surface area contributed by atoms with E-state index in [0.717, 1.165) is 59.1 Å².